The highest BCUT2D eigenvalue weighted by Crippen LogP contribution is 2.23. The van der Waals surface area contributed by atoms with Crippen molar-refractivity contribution in [3.8, 4) is 0 Å². The minimum absolute atomic E-state index is 0.0174. The van der Waals surface area contributed by atoms with Gasteiger partial charge in [-0.15, -0.1) is 0 Å². The van der Waals surface area contributed by atoms with Crippen molar-refractivity contribution in [2.45, 2.75) is 25.7 Å². The van der Waals surface area contributed by atoms with Crippen molar-refractivity contribution in [1.82, 2.24) is 4.90 Å². The number of anilines is 1. The van der Waals surface area contributed by atoms with E-state index in [4.69, 9.17) is 9.88 Å². The van der Waals surface area contributed by atoms with Crippen LogP contribution in [0.25, 0.3) is 0 Å². The fraction of sp³-hybridized carbons (Fsp3) is 0.467. The number of ether oxygens (including phenoxy) is 1. The fourth-order valence-electron chi connectivity index (χ4n) is 2.04. The Bertz CT molecular complexity index is 731. The molecule has 0 aromatic heterocycles. The van der Waals surface area contributed by atoms with Crippen LogP contribution in [-0.2, 0) is 24.3 Å². The van der Waals surface area contributed by atoms with Crippen LogP contribution in [0.3, 0.4) is 0 Å². The molecule has 24 heavy (non-hydrogen) atoms. The van der Waals surface area contributed by atoms with Crippen molar-refractivity contribution >= 4 is 27.6 Å². The Balaban J connectivity index is 2.84. The molecule has 1 amide bonds. The summed E-state index contributed by atoms with van der Waals surface area (Å²) in [5.74, 6) is -0.799. The molecule has 0 saturated heterocycles. The van der Waals surface area contributed by atoms with Gasteiger partial charge in [-0.05, 0) is 51.1 Å². The van der Waals surface area contributed by atoms with E-state index in [0.717, 1.165) is 5.56 Å². The molecule has 0 spiro atoms. The Morgan fingerprint density at radius 3 is 2.42 bits per heavy atom. The maximum atomic E-state index is 12.1. The topological polar surface area (TPSA) is 119 Å². The monoisotopic (exact) mass is 357 g/mol. The lowest BCUT2D eigenvalue weighted by Crippen LogP contribution is -2.34. The number of aryl methyl sites for hydroxylation is 1. The molecule has 0 saturated carbocycles. The third-order valence-corrected chi connectivity index (χ3v) is 4.25. The molecule has 0 aliphatic rings. The molecule has 0 aliphatic carbocycles. The zero-order chi connectivity index (χ0) is 18.5. The molecule has 3 N–H and O–H groups in total. The Morgan fingerprint density at radius 2 is 1.88 bits per heavy atom. The van der Waals surface area contributed by atoms with E-state index in [1.165, 1.54) is 17.0 Å². The van der Waals surface area contributed by atoms with Gasteiger partial charge >= 0.3 is 5.97 Å². The first-order valence-electron chi connectivity index (χ1n) is 7.32. The lowest BCUT2D eigenvalue weighted by molar-refractivity contribution is -0.144. The number of carbonyl (C=O) groups excluding carboxylic acids is 2. The molecule has 0 bridgehead atoms. The zero-order valence-electron chi connectivity index (χ0n) is 14.3. The zero-order valence-corrected chi connectivity index (χ0v) is 15.1. The summed E-state index contributed by atoms with van der Waals surface area (Å²) < 4.78 is 27.8. The first kappa shape index (κ1) is 20.1. The van der Waals surface area contributed by atoms with Gasteiger partial charge in [0.15, 0.2) is 0 Å². The molecule has 134 valence electrons. The smallest absolute Gasteiger partial charge is 0.320 e. The molecule has 9 heteroatoms. The van der Waals surface area contributed by atoms with Gasteiger partial charge in [0, 0.05) is 5.69 Å². The number of nitrogens with one attached hydrogen (secondary N) is 1. The highest BCUT2D eigenvalue weighted by molar-refractivity contribution is 7.89. The summed E-state index contributed by atoms with van der Waals surface area (Å²) in [5.41, 5.74) is 1.80. The van der Waals surface area contributed by atoms with Crippen molar-refractivity contribution in [2.24, 2.45) is 5.14 Å². The highest BCUT2D eigenvalue weighted by atomic mass is 32.2. The number of benzene rings is 1. The van der Waals surface area contributed by atoms with Gasteiger partial charge in [-0.3, -0.25) is 14.5 Å². The van der Waals surface area contributed by atoms with Crippen LogP contribution < -0.4 is 10.5 Å². The third kappa shape index (κ3) is 5.91. The molecule has 1 aromatic carbocycles. The van der Waals surface area contributed by atoms with Crippen LogP contribution in [-0.4, -0.2) is 51.9 Å². The minimum Gasteiger partial charge on any atom is -0.465 e. The van der Waals surface area contributed by atoms with Crippen LogP contribution >= 0.6 is 0 Å². The highest BCUT2D eigenvalue weighted by Gasteiger charge is 2.16. The first-order chi connectivity index (χ1) is 11.0. The standard InChI is InChI=1S/C15H23N3O5S/c1-5-23-15(20)9-18(4)8-14(19)17-13-7-12(24(16,21)22)6-10(2)11(13)3/h6-7H,5,8-9H2,1-4H3,(H,17,19)(H2,16,21,22). The van der Waals surface area contributed by atoms with Gasteiger partial charge in [0.25, 0.3) is 0 Å². The van der Waals surface area contributed by atoms with Crippen LogP contribution in [0.1, 0.15) is 18.1 Å². The Morgan fingerprint density at radius 1 is 1.25 bits per heavy atom. The van der Waals surface area contributed by atoms with Crippen molar-refractivity contribution in [2.75, 3.05) is 32.1 Å². The van der Waals surface area contributed by atoms with Crippen LogP contribution in [0.4, 0.5) is 5.69 Å². The second-order valence-corrected chi connectivity index (χ2v) is 7.04. The third-order valence-electron chi connectivity index (χ3n) is 3.36. The summed E-state index contributed by atoms with van der Waals surface area (Å²) in [6, 6.07) is 2.77. The van der Waals surface area contributed by atoms with E-state index < -0.39 is 16.0 Å². The second kappa shape index (κ2) is 8.22. The molecular weight excluding hydrogens is 334 g/mol. The molecule has 0 unspecified atom stereocenters. The lowest BCUT2D eigenvalue weighted by atomic mass is 10.1. The van der Waals surface area contributed by atoms with Crippen LogP contribution in [0, 0.1) is 13.8 Å². The SMILES string of the molecule is CCOC(=O)CN(C)CC(=O)Nc1cc(S(N)(=O)=O)cc(C)c1C. The van der Waals surface area contributed by atoms with E-state index in [-0.39, 0.29) is 30.5 Å². The molecule has 8 nitrogen and oxygen atoms in total. The maximum absolute atomic E-state index is 12.1. The second-order valence-electron chi connectivity index (χ2n) is 5.48. The summed E-state index contributed by atoms with van der Waals surface area (Å²) in [6.45, 7) is 5.41. The lowest BCUT2D eigenvalue weighted by Gasteiger charge is -2.17. The largest absolute Gasteiger partial charge is 0.465 e. The van der Waals surface area contributed by atoms with Crippen molar-refractivity contribution in [1.29, 1.82) is 0 Å². The van der Waals surface area contributed by atoms with E-state index in [1.807, 2.05) is 0 Å². The average Bonchev–Trinajstić information content (AvgIpc) is 2.42. The molecular formula is C15H23N3O5S. The van der Waals surface area contributed by atoms with Gasteiger partial charge in [-0.25, -0.2) is 13.6 Å². The number of sulfonamides is 1. The van der Waals surface area contributed by atoms with E-state index in [2.05, 4.69) is 5.32 Å². The predicted octanol–water partition coefficient (Wildman–Crippen LogP) is 0.384. The number of likely N-dealkylation sites (N-methyl/N-ethyl adjacent to an activating group) is 1. The molecule has 0 radical (unpaired) electrons. The van der Waals surface area contributed by atoms with Gasteiger partial charge in [0.1, 0.15) is 0 Å². The Hall–Kier alpha value is -1.97. The summed E-state index contributed by atoms with van der Waals surface area (Å²) >= 11 is 0. The number of amides is 1. The maximum Gasteiger partial charge on any atom is 0.320 e. The summed E-state index contributed by atoms with van der Waals surface area (Å²) in [6.07, 6.45) is 0. The summed E-state index contributed by atoms with van der Waals surface area (Å²) in [5, 5.41) is 7.79. The van der Waals surface area contributed by atoms with Crippen molar-refractivity contribution < 1.29 is 22.7 Å². The molecule has 0 aliphatic heterocycles. The van der Waals surface area contributed by atoms with Gasteiger partial charge in [-0.1, -0.05) is 0 Å². The number of nitrogens with two attached hydrogens (primary N) is 1. The average molecular weight is 357 g/mol. The summed E-state index contributed by atoms with van der Waals surface area (Å²) in [4.78, 5) is 24.9. The number of nitrogens with zero attached hydrogens (tertiary/aromatic N) is 1. The molecule has 1 rings (SSSR count). The number of hydrogen-bond acceptors (Lipinski definition) is 6. The fourth-order valence-corrected chi connectivity index (χ4v) is 2.66. The summed E-state index contributed by atoms with van der Waals surface area (Å²) in [7, 11) is -2.26. The van der Waals surface area contributed by atoms with Gasteiger partial charge in [0.2, 0.25) is 15.9 Å². The normalized spacial score (nSPS) is 11.4. The predicted molar refractivity (Wildman–Crippen MR) is 90.0 cm³/mol. The Labute approximate surface area is 142 Å². The van der Waals surface area contributed by atoms with E-state index in [1.54, 1.807) is 27.8 Å². The number of carbonyl (C=O) groups is 2. The van der Waals surface area contributed by atoms with Crippen LogP contribution in [0.15, 0.2) is 17.0 Å². The number of hydrogen-bond donors (Lipinski definition) is 2. The molecule has 1 aromatic rings. The number of rotatable bonds is 7. The van der Waals surface area contributed by atoms with E-state index in [9.17, 15) is 18.0 Å². The van der Waals surface area contributed by atoms with Gasteiger partial charge < -0.3 is 10.1 Å². The molecule has 0 fully saturated rings. The van der Waals surface area contributed by atoms with E-state index >= 15 is 0 Å². The van der Waals surface area contributed by atoms with Crippen molar-refractivity contribution in [3.05, 3.63) is 23.3 Å². The van der Waals surface area contributed by atoms with Crippen molar-refractivity contribution in [3.63, 3.8) is 0 Å². The number of esters is 1. The van der Waals surface area contributed by atoms with Crippen LogP contribution in [0.2, 0.25) is 0 Å². The first-order valence-corrected chi connectivity index (χ1v) is 8.87. The molecule has 0 heterocycles. The van der Waals surface area contributed by atoms with Gasteiger partial charge in [0.05, 0.1) is 24.6 Å². The minimum atomic E-state index is -3.87. The number of primary sulfonamides is 1. The molecule has 0 atom stereocenters. The quantitative estimate of drug-likeness (QED) is 0.681. The Kier molecular flexibility index (Phi) is 6.88. The van der Waals surface area contributed by atoms with Gasteiger partial charge in [-0.2, -0.15) is 0 Å². The van der Waals surface area contributed by atoms with E-state index in [0.29, 0.717) is 11.3 Å². The van der Waals surface area contributed by atoms with Crippen LogP contribution in [0.5, 0.6) is 0 Å².